The number of hydrogen-bond acceptors (Lipinski definition) is 2. The summed E-state index contributed by atoms with van der Waals surface area (Å²) in [4.78, 5) is 10.1. The summed E-state index contributed by atoms with van der Waals surface area (Å²) in [7, 11) is 0. The van der Waals surface area contributed by atoms with Crippen LogP contribution in [0, 0.1) is 0 Å². The van der Waals surface area contributed by atoms with Gasteiger partial charge in [-0.3, -0.25) is 4.79 Å². The normalized spacial score (nSPS) is 10.0. The van der Waals surface area contributed by atoms with Crippen molar-refractivity contribution in [2.45, 2.75) is 0 Å². The summed E-state index contributed by atoms with van der Waals surface area (Å²) < 4.78 is 5.24. The average Bonchev–Trinajstić information content (AvgIpc) is 2.26. The highest BCUT2D eigenvalue weighted by Crippen LogP contribution is 2.24. The molecule has 0 aliphatic heterocycles. The molecular weight excluding hydrogens is 176 g/mol. The molecule has 0 aliphatic rings. The van der Waals surface area contributed by atoms with E-state index in [-0.39, 0.29) is 6.61 Å². The van der Waals surface area contributed by atoms with Gasteiger partial charge in [0.05, 0.1) is 0 Å². The molecule has 2 rings (SSSR count). The van der Waals surface area contributed by atoms with E-state index in [2.05, 4.69) is 0 Å². The van der Waals surface area contributed by atoms with Gasteiger partial charge in [0.25, 0.3) is 0 Å². The molecule has 0 saturated carbocycles. The van der Waals surface area contributed by atoms with Gasteiger partial charge in [-0.2, -0.15) is 0 Å². The van der Waals surface area contributed by atoms with E-state index in [9.17, 15) is 4.79 Å². The Kier molecular flexibility index (Phi) is 2.45. The van der Waals surface area contributed by atoms with Gasteiger partial charge in [-0.25, -0.2) is 0 Å². The maximum absolute atomic E-state index is 10.1. The van der Waals surface area contributed by atoms with Gasteiger partial charge in [-0.1, -0.05) is 36.4 Å². The molecule has 2 heteroatoms. The highest BCUT2D eigenvalue weighted by Gasteiger charge is 1.99. The van der Waals surface area contributed by atoms with E-state index < -0.39 is 0 Å². The van der Waals surface area contributed by atoms with Crippen molar-refractivity contribution in [3.8, 4) is 5.75 Å². The van der Waals surface area contributed by atoms with Crippen LogP contribution in [0.25, 0.3) is 10.8 Å². The number of rotatable bonds is 3. The summed E-state index contributed by atoms with van der Waals surface area (Å²) in [5, 5.41) is 2.13. The van der Waals surface area contributed by atoms with Crippen LogP contribution in [0.4, 0.5) is 0 Å². The van der Waals surface area contributed by atoms with Gasteiger partial charge in [0, 0.05) is 5.39 Å². The highest BCUT2D eigenvalue weighted by molar-refractivity contribution is 5.88. The van der Waals surface area contributed by atoms with Crippen molar-refractivity contribution in [3.63, 3.8) is 0 Å². The zero-order chi connectivity index (χ0) is 9.80. The van der Waals surface area contributed by atoms with Crippen molar-refractivity contribution in [2.24, 2.45) is 0 Å². The van der Waals surface area contributed by atoms with E-state index in [1.165, 1.54) is 0 Å². The largest absolute Gasteiger partial charge is 0.485 e. The number of fused-ring (bicyclic) bond motifs is 1. The van der Waals surface area contributed by atoms with Gasteiger partial charge < -0.3 is 4.74 Å². The summed E-state index contributed by atoms with van der Waals surface area (Å²) in [5.74, 6) is 0.728. The molecule has 0 aliphatic carbocycles. The molecule has 0 spiro atoms. The molecule has 0 amide bonds. The standard InChI is InChI=1S/C12H9O2/c13-8-9-14-12-7-3-5-10-4-1-2-6-11(10)12/h1-7H,9H2. The summed E-state index contributed by atoms with van der Waals surface area (Å²) >= 11 is 0. The maximum atomic E-state index is 10.1. The second-order valence-electron chi connectivity index (χ2n) is 2.91. The third-order valence-corrected chi connectivity index (χ3v) is 2.04. The van der Waals surface area contributed by atoms with E-state index in [0.717, 1.165) is 16.5 Å². The molecule has 0 N–H and O–H groups in total. The van der Waals surface area contributed by atoms with Crippen molar-refractivity contribution >= 4 is 17.1 Å². The monoisotopic (exact) mass is 185 g/mol. The topological polar surface area (TPSA) is 26.3 Å². The van der Waals surface area contributed by atoms with Crippen molar-refractivity contribution in [1.82, 2.24) is 0 Å². The molecule has 14 heavy (non-hydrogen) atoms. The Balaban J connectivity index is 2.48. The lowest BCUT2D eigenvalue weighted by atomic mass is 10.1. The van der Waals surface area contributed by atoms with E-state index in [1.54, 1.807) is 6.29 Å². The van der Waals surface area contributed by atoms with E-state index in [0.29, 0.717) is 0 Å². The summed E-state index contributed by atoms with van der Waals surface area (Å²) in [6.07, 6.45) is 1.71. The van der Waals surface area contributed by atoms with E-state index in [4.69, 9.17) is 4.74 Å². The summed E-state index contributed by atoms with van der Waals surface area (Å²) in [6.45, 7) is -0.0198. The molecule has 2 aromatic rings. The van der Waals surface area contributed by atoms with E-state index >= 15 is 0 Å². The van der Waals surface area contributed by atoms with Gasteiger partial charge >= 0.3 is 0 Å². The minimum absolute atomic E-state index is 0.0198. The first kappa shape index (κ1) is 8.75. The lowest BCUT2D eigenvalue weighted by Gasteiger charge is -2.05. The van der Waals surface area contributed by atoms with Gasteiger partial charge in [0.15, 0.2) is 6.61 Å². The first-order valence-corrected chi connectivity index (χ1v) is 4.37. The first-order valence-electron chi connectivity index (χ1n) is 4.37. The van der Waals surface area contributed by atoms with Gasteiger partial charge in [0.2, 0.25) is 6.29 Å². The molecule has 69 valence electrons. The smallest absolute Gasteiger partial charge is 0.239 e. The number of carbonyl (C=O) groups excluding carboxylic acids is 1. The Labute approximate surface area is 82.1 Å². The highest BCUT2D eigenvalue weighted by atomic mass is 16.5. The molecule has 0 unspecified atom stereocenters. The van der Waals surface area contributed by atoms with Crippen LogP contribution in [0.1, 0.15) is 0 Å². The van der Waals surface area contributed by atoms with Gasteiger partial charge in [-0.15, -0.1) is 0 Å². The van der Waals surface area contributed by atoms with Gasteiger partial charge in [0.1, 0.15) is 5.75 Å². The molecule has 0 atom stereocenters. The maximum Gasteiger partial charge on any atom is 0.239 e. The van der Waals surface area contributed by atoms with Crippen molar-refractivity contribution in [1.29, 1.82) is 0 Å². The van der Waals surface area contributed by atoms with Crippen molar-refractivity contribution < 1.29 is 9.53 Å². The fourth-order valence-corrected chi connectivity index (χ4v) is 1.43. The summed E-state index contributed by atoms with van der Waals surface area (Å²) in [5.41, 5.74) is 0. The van der Waals surface area contributed by atoms with Gasteiger partial charge in [-0.05, 0) is 11.5 Å². The Bertz CT molecular complexity index is 444. The molecule has 0 bridgehead atoms. The fourth-order valence-electron chi connectivity index (χ4n) is 1.43. The molecule has 0 heterocycles. The first-order chi connectivity index (χ1) is 6.92. The third-order valence-electron chi connectivity index (χ3n) is 2.04. The van der Waals surface area contributed by atoms with Crippen LogP contribution in [0.3, 0.4) is 0 Å². The Hall–Kier alpha value is -1.83. The fraction of sp³-hybridized carbons (Fsp3) is 0.0833. The van der Waals surface area contributed by atoms with Crippen LogP contribution < -0.4 is 4.74 Å². The molecule has 1 radical (unpaired) electrons. The number of hydrogen-bond donors (Lipinski definition) is 0. The minimum atomic E-state index is -0.0198. The third kappa shape index (κ3) is 1.59. The molecule has 0 saturated heterocycles. The van der Waals surface area contributed by atoms with Crippen LogP contribution >= 0.6 is 0 Å². The average molecular weight is 185 g/mol. The Morgan fingerprint density at radius 1 is 1.07 bits per heavy atom. The number of ether oxygens (including phenoxy) is 1. The second kappa shape index (κ2) is 3.92. The Morgan fingerprint density at radius 3 is 2.71 bits per heavy atom. The minimum Gasteiger partial charge on any atom is -0.485 e. The summed E-state index contributed by atoms with van der Waals surface area (Å²) in [6, 6.07) is 13.6. The molecular formula is C12H9O2. The Morgan fingerprint density at radius 2 is 1.86 bits per heavy atom. The van der Waals surface area contributed by atoms with Crippen molar-refractivity contribution in [2.75, 3.05) is 6.61 Å². The van der Waals surface area contributed by atoms with E-state index in [1.807, 2.05) is 42.5 Å². The molecule has 2 nitrogen and oxygen atoms in total. The predicted molar refractivity (Wildman–Crippen MR) is 55.1 cm³/mol. The molecule has 0 aromatic heterocycles. The van der Waals surface area contributed by atoms with Crippen LogP contribution in [0.15, 0.2) is 42.5 Å². The quantitative estimate of drug-likeness (QED) is 0.733. The van der Waals surface area contributed by atoms with Crippen LogP contribution in [0.5, 0.6) is 5.75 Å². The zero-order valence-electron chi connectivity index (χ0n) is 7.57. The van der Waals surface area contributed by atoms with Crippen LogP contribution in [-0.4, -0.2) is 12.9 Å². The predicted octanol–water partition coefficient (Wildman–Crippen LogP) is 2.33. The van der Waals surface area contributed by atoms with Crippen LogP contribution in [-0.2, 0) is 4.79 Å². The number of benzene rings is 2. The van der Waals surface area contributed by atoms with Crippen molar-refractivity contribution in [3.05, 3.63) is 42.5 Å². The lowest BCUT2D eigenvalue weighted by molar-refractivity contribution is 0.369. The molecule has 2 aromatic carbocycles. The lowest BCUT2D eigenvalue weighted by Crippen LogP contribution is -1.97. The SMILES string of the molecule is O=[C]COc1cccc2ccccc12. The van der Waals surface area contributed by atoms with Crippen LogP contribution in [0.2, 0.25) is 0 Å². The molecule has 0 fully saturated rings. The zero-order valence-corrected chi connectivity index (χ0v) is 7.57. The second-order valence-corrected chi connectivity index (χ2v) is 2.91.